The van der Waals surface area contributed by atoms with E-state index in [9.17, 15) is 29.3 Å². The van der Waals surface area contributed by atoms with Crippen molar-refractivity contribution < 1.29 is 45.8 Å². The van der Waals surface area contributed by atoms with Crippen LogP contribution in [0.3, 0.4) is 0 Å². The Morgan fingerprint density at radius 2 is 1.07 bits per heavy atom. The number of aromatic nitrogens is 9. The molecule has 3 aliphatic carbocycles. The number of ether oxygens (including phenoxy) is 2. The van der Waals surface area contributed by atoms with Crippen molar-refractivity contribution in [1.29, 1.82) is 0 Å². The second-order valence-electron chi connectivity index (χ2n) is 24.4. The van der Waals surface area contributed by atoms with Gasteiger partial charge in [0.2, 0.25) is 12.1 Å². The Balaban J connectivity index is 0.000000133. The number of carbonyl (C=O) groups is 3. The summed E-state index contributed by atoms with van der Waals surface area (Å²) >= 11 is 0. The first-order chi connectivity index (χ1) is 45.7. The largest absolute Gasteiger partial charge is 0.379 e. The number of carbonyl (C=O) groups excluding carboxylic acids is 3. The van der Waals surface area contributed by atoms with Gasteiger partial charge in [0, 0.05) is 121 Å². The van der Waals surface area contributed by atoms with Crippen molar-refractivity contribution in [3.8, 4) is 45.6 Å². The normalized spacial score (nSPS) is 18.1. The number of rotatable bonds is 8. The molecule has 8 bridgehead atoms. The minimum Gasteiger partial charge on any atom is -0.379 e. The van der Waals surface area contributed by atoms with Gasteiger partial charge < -0.3 is 49.7 Å². The number of hydrogen-bond donors (Lipinski definition) is 2. The molecule has 481 valence electrons. The van der Waals surface area contributed by atoms with E-state index in [-0.39, 0.29) is 51.8 Å². The van der Waals surface area contributed by atoms with Crippen molar-refractivity contribution in [1.82, 2.24) is 50.2 Å². The molecule has 21 nitrogen and oxygen atoms in total. The average molecular weight is 1310 g/mol. The number of nitro groups is 1. The molecule has 1 radical (unpaired) electrons. The van der Waals surface area contributed by atoms with Crippen LogP contribution in [0.4, 0.5) is 0 Å². The fourth-order valence-electron chi connectivity index (χ4n) is 13.4. The molecule has 6 unspecified atom stereocenters. The minimum atomic E-state index is -1.23. The molecule has 7 aromatic carbocycles. The number of nitrogens with one attached hydrogen (secondary N) is 2. The number of azo groups is 1. The minimum absolute atomic E-state index is 0. The smallest absolute Gasteiger partial charge is 0.254 e. The molecule has 5 aliphatic rings. The van der Waals surface area contributed by atoms with Gasteiger partial charge in [-0.25, -0.2) is 9.97 Å². The molecule has 2 fully saturated rings. The van der Waals surface area contributed by atoms with Gasteiger partial charge in [-0.1, -0.05) is 140 Å². The Labute approximate surface area is 554 Å². The van der Waals surface area contributed by atoms with Crippen LogP contribution in [0.2, 0.25) is 0 Å². The molecule has 4 aromatic heterocycles. The second kappa shape index (κ2) is 26.6. The number of ketones is 2. The summed E-state index contributed by atoms with van der Waals surface area (Å²) in [7, 11) is 3.09. The number of aromatic amines is 1. The van der Waals surface area contributed by atoms with Crippen molar-refractivity contribution in [2.45, 2.75) is 109 Å². The van der Waals surface area contributed by atoms with Gasteiger partial charge in [-0.3, -0.25) is 29.3 Å². The first-order valence-corrected chi connectivity index (χ1v) is 31.4. The van der Waals surface area contributed by atoms with Crippen molar-refractivity contribution in [3.63, 3.8) is 0 Å². The van der Waals surface area contributed by atoms with E-state index in [1.54, 1.807) is 7.11 Å². The summed E-state index contributed by atoms with van der Waals surface area (Å²) in [6.07, 6.45) is 4.88. The number of pyridine rings is 1. The summed E-state index contributed by atoms with van der Waals surface area (Å²) in [4.78, 5) is 104. The number of aryl methyl sites for hydroxylation is 2. The SMILES string of the molecule is COC1CC([N+](=O)[O-])CCC1N=NC(C(C)=O)C(=O)NC1CCCCC1OC.Cc1ccc2c(c1)Cc1cc3c(=O)c4ccc(C)cc4[nH]c3cc1C2=O.[Cu].c1ccc2c(c1)-c1nc-2nc2[n-]c(nc3nc(nc4[n-]c(n1)c1ccccc41)-c1ccccc1-3)c1ccccc21. The van der Waals surface area contributed by atoms with Gasteiger partial charge in [0.05, 0.1) is 53.1 Å². The van der Waals surface area contributed by atoms with Crippen molar-refractivity contribution in [2.24, 2.45) is 10.2 Å². The third kappa shape index (κ3) is 12.3. The summed E-state index contributed by atoms with van der Waals surface area (Å²) in [5.41, 5.74) is 13.0. The Hall–Kier alpha value is -10.4. The zero-order valence-electron chi connectivity index (χ0n) is 52.5. The van der Waals surface area contributed by atoms with E-state index in [2.05, 4.69) is 26.6 Å². The van der Waals surface area contributed by atoms with Crippen molar-refractivity contribution in [3.05, 3.63) is 199 Å². The molecule has 6 atom stereocenters. The fraction of sp³-hybridized carbons (Fsp3) is 0.260. The van der Waals surface area contributed by atoms with E-state index in [0.29, 0.717) is 81.5 Å². The van der Waals surface area contributed by atoms with E-state index in [1.807, 2.05) is 153 Å². The van der Waals surface area contributed by atoms with Crippen LogP contribution < -0.4 is 20.7 Å². The average Bonchev–Trinajstić information content (AvgIpc) is 1.08. The van der Waals surface area contributed by atoms with Gasteiger partial charge in [0.25, 0.3) is 5.91 Å². The molecule has 2 aliphatic heterocycles. The maximum atomic E-state index is 13.0. The molecular formula is C73H63CuN13O8-2. The van der Waals surface area contributed by atoms with Crippen LogP contribution in [0.25, 0.3) is 111 Å². The van der Waals surface area contributed by atoms with E-state index < -0.39 is 35.9 Å². The number of Topliss-reactive ketones (excluding diaryl/α,β-unsaturated/α-hetero) is 1. The maximum absolute atomic E-state index is 13.0. The summed E-state index contributed by atoms with van der Waals surface area (Å²) < 4.78 is 10.8. The van der Waals surface area contributed by atoms with Crippen LogP contribution in [-0.4, -0.2) is 108 Å². The number of hydrogen-bond acceptors (Lipinski definition) is 16. The van der Waals surface area contributed by atoms with Crippen molar-refractivity contribution >= 4 is 83.4 Å². The molecule has 1 amide bonds. The predicted octanol–water partition coefficient (Wildman–Crippen LogP) is 12.2. The quantitative estimate of drug-likeness (QED) is 0.0357. The Kier molecular flexibility index (Phi) is 17.7. The number of nitrogens with zero attached hydrogens (tertiary/aromatic N) is 11. The van der Waals surface area contributed by atoms with Gasteiger partial charge in [-0.15, -0.1) is 0 Å². The monoisotopic (exact) mass is 1310 g/mol. The molecule has 0 saturated heterocycles. The zero-order chi connectivity index (χ0) is 64.9. The topological polar surface area (TPSA) is 288 Å². The van der Waals surface area contributed by atoms with Crippen LogP contribution in [0.15, 0.2) is 161 Å². The molecule has 2 N–H and O–H groups in total. The van der Waals surface area contributed by atoms with E-state index >= 15 is 0 Å². The standard InChI is InChI=1S/C32H16N8.C23H17NO2.C18H30N4O6.Cu/c1-2-10-18-17(9-1)25-33-26(18)38-28-21-13-5-6-14-22(21)30(35-28)40-32-24-16-8-7-15-23(24)31(36-32)39-29-20-12-4-3-11-19(20)27(34-29)37-25;1-12-3-5-16-14(7-12)9-15-10-19-21(11-18(15)22(16)25)24-20-8-13(2)4-6-17(20)23(19)26;1-11(23)17(18(24)19-13-6-4-5-7-15(13)27-2)21-20-14-9-8-12(22(25)26)10-16(14)28-3;/h1-16H;3-8,10-11H,9H2,1-2H3,(H,24,26);12-17H,4-10H2,1-3H3,(H,19,24);/q-2;;;. The predicted molar refractivity (Wildman–Crippen MR) is 358 cm³/mol. The zero-order valence-corrected chi connectivity index (χ0v) is 53.4. The fourth-order valence-corrected chi connectivity index (χ4v) is 13.4. The Bertz CT molecular complexity index is 4880. The first-order valence-electron chi connectivity index (χ1n) is 31.4. The number of H-pyrrole nitrogens is 1. The van der Waals surface area contributed by atoms with E-state index in [1.165, 1.54) is 14.0 Å². The van der Waals surface area contributed by atoms with E-state index in [0.717, 1.165) is 108 Å². The number of benzene rings is 7. The first kappa shape index (κ1) is 63.4. The molecule has 95 heavy (non-hydrogen) atoms. The van der Waals surface area contributed by atoms with Gasteiger partial charge in [-0.05, 0) is 109 Å². The summed E-state index contributed by atoms with van der Waals surface area (Å²) in [5, 5.41) is 26.9. The number of methoxy groups -OCH3 is 2. The third-order valence-electron chi connectivity index (χ3n) is 18.3. The van der Waals surface area contributed by atoms with Crippen molar-refractivity contribution in [2.75, 3.05) is 14.2 Å². The maximum Gasteiger partial charge on any atom is 0.254 e. The molecule has 6 heterocycles. The number of fused-ring (bicyclic) bond motifs is 24. The summed E-state index contributed by atoms with van der Waals surface area (Å²) in [5.74, 6) is 1.35. The Morgan fingerprint density at radius 1 is 0.579 bits per heavy atom. The van der Waals surface area contributed by atoms with Crippen LogP contribution in [0.1, 0.15) is 90.0 Å². The van der Waals surface area contributed by atoms with E-state index in [4.69, 9.17) is 49.3 Å². The molecule has 22 heteroatoms. The molecule has 0 spiro atoms. The van der Waals surface area contributed by atoms with Crippen LogP contribution >= 0.6 is 0 Å². The third-order valence-corrected chi connectivity index (χ3v) is 18.3. The van der Waals surface area contributed by atoms with Crippen LogP contribution in [-0.2, 0) is 42.6 Å². The molecule has 11 aromatic rings. The van der Waals surface area contributed by atoms with Gasteiger partial charge in [0.1, 0.15) is 0 Å². The van der Waals surface area contributed by atoms with Gasteiger partial charge in [-0.2, -0.15) is 10.2 Å². The van der Waals surface area contributed by atoms with Crippen LogP contribution in [0, 0.1) is 24.0 Å². The number of amides is 1. The van der Waals surface area contributed by atoms with Crippen LogP contribution in [0.5, 0.6) is 0 Å². The second-order valence-corrected chi connectivity index (χ2v) is 24.4. The molecule has 16 rings (SSSR count). The molecular weight excluding hydrogens is 1250 g/mol. The Morgan fingerprint density at radius 3 is 1.60 bits per heavy atom. The van der Waals surface area contributed by atoms with Gasteiger partial charge in [0.15, 0.2) is 17.0 Å². The van der Waals surface area contributed by atoms with Gasteiger partial charge >= 0.3 is 0 Å². The molecule has 2 saturated carbocycles. The summed E-state index contributed by atoms with van der Waals surface area (Å²) in [6.45, 7) is 5.33. The summed E-state index contributed by atoms with van der Waals surface area (Å²) in [6, 6.07) is 44.9.